The maximum Gasteiger partial charge on any atom is 0.191 e. The number of rotatable bonds is 9. The van der Waals surface area contributed by atoms with Gasteiger partial charge >= 0.3 is 0 Å². The number of halogens is 1. The van der Waals surface area contributed by atoms with Crippen LogP contribution in [0.2, 0.25) is 0 Å². The van der Waals surface area contributed by atoms with E-state index in [4.69, 9.17) is 4.74 Å². The molecular weight excluding hydrogens is 529 g/mol. The zero-order valence-electron chi connectivity index (χ0n) is 18.3. The summed E-state index contributed by atoms with van der Waals surface area (Å²) in [6.07, 6.45) is 0.525. The van der Waals surface area contributed by atoms with E-state index in [9.17, 15) is 13.5 Å². The van der Waals surface area contributed by atoms with E-state index in [2.05, 4.69) is 15.6 Å². The van der Waals surface area contributed by atoms with Gasteiger partial charge in [0.2, 0.25) is 0 Å². The number of aliphatic hydroxyl groups is 1. The van der Waals surface area contributed by atoms with Gasteiger partial charge in [0.05, 0.1) is 23.6 Å². The number of benzene rings is 2. The molecule has 0 aliphatic heterocycles. The first kappa shape index (κ1) is 27.2. The fourth-order valence-electron chi connectivity index (χ4n) is 2.73. The van der Waals surface area contributed by atoms with Gasteiger partial charge in [-0.2, -0.15) is 0 Å². The number of sulfone groups is 1. The third-order valence-corrected chi connectivity index (χ3v) is 5.32. The molecule has 2 aromatic carbocycles. The number of nitrogens with zero attached hydrogens (tertiary/aromatic N) is 1. The molecule has 0 heterocycles. The van der Waals surface area contributed by atoms with E-state index in [1.54, 1.807) is 24.3 Å². The summed E-state index contributed by atoms with van der Waals surface area (Å²) in [5.74, 6) is 1.29. The van der Waals surface area contributed by atoms with E-state index in [-0.39, 0.29) is 41.5 Å². The van der Waals surface area contributed by atoms with Crippen LogP contribution in [0.25, 0.3) is 0 Å². The van der Waals surface area contributed by atoms with Crippen molar-refractivity contribution < 1.29 is 18.3 Å². The molecule has 2 rings (SSSR count). The molecule has 0 amide bonds. The standard InChI is InChI=1S/C22H31N3O4S.HI/c1-5-23-22(24-14-17-9-11-20(12-10-17)30(4,27)28)25-15-21(26)18-7-6-8-19(13-18)29-16(2)3;/h6-13,16,21,26H,5,14-15H2,1-4H3,(H2,23,24,25);1H. The topological polar surface area (TPSA) is 100 Å². The predicted molar refractivity (Wildman–Crippen MR) is 135 cm³/mol. The number of aliphatic imine (C=N–C) groups is 1. The molecule has 1 unspecified atom stereocenters. The van der Waals surface area contributed by atoms with Crippen molar-refractivity contribution in [2.75, 3.05) is 19.3 Å². The molecule has 0 aliphatic rings. The molecule has 0 fully saturated rings. The highest BCUT2D eigenvalue weighted by molar-refractivity contribution is 14.0. The van der Waals surface area contributed by atoms with E-state index in [0.717, 1.165) is 16.9 Å². The van der Waals surface area contributed by atoms with Crippen molar-refractivity contribution in [2.24, 2.45) is 4.99 Å². The maximum absolute atomic E-state index is 11.6. The summed E-state index contributed by atoms with van der Waals surface area (Å²) in [5.41, 5.74) is 1.64. The van der Waals surface area contributed by atoms with Crippen LogP contribution >= 0.6 is 24.0 Å². The normalized spacial score (nSPS) is 12.8. The Morgan fingerprint density at radius 2 is 1.81 bits per heavy atom. The van der Waals surface area contributed by atoms with Crippen molar-refractivity contribution in [1.82, 2.24) is 10.6 Å². The Bertz CT molecular complexity index is 947. The molecule has 172 valence electrons. The van der Waals surface area contributed by atoms with Gasteiger partial charge in [-0.1, -0.05) is 24.3 Å². The van der Waals surface area contributed by atoms with Crippen LogP contribution in [0.3, 0.4) is 0 Å². The molecule has 31 heavy (non-hydrogen) atoms. The molecule has 9 heteroatoms. The molecule has 2 aromatic rings. The van der Waals surface area contributed by atoms with Crippen LogP contribution in [-0.2, 0) is 16.4 Å². The summed E-state index contributed by atoms with van der Waals surface area (Å²) in [6, 6.07) is 14.1. The van der Waals surface area contributed by atoms with Gasteiger partial charge in [-0.15, -0.1) is 24.0 Å². The largest absolute Gasteiger partial charge is 0.491 e. The Morgan fingerprint density at radius 3 is 2.39 bits per heavy atom. The van der Waals surface area contributed by atoms with Crippen LogP contribution in [0.1, 0.15) is 38.0 Å². The monoisotopic (exact) mass is 561 g/mol. The molecule has 0 aromatic heterocycles. The lowest BCUT2D eigenvalue weighted by molar-refractivity contribution is 0.179. The molecule has 0 saturated carbocycles. The Hall–Kier alpha value is -1.85. The van der Waals surface area contributed by atoms with Gasteiger partial charge in [0.15, 0.2) is 15.8 Å². The second-order valence-electron chi connectivity index (χ2n) is 7.25. The van der Waals surface area contributed by atoms with Gasteiger partial charge < -0.3 is 20.5 Å². The summed E-state index contributed by atoms with van der Waals surface area (Å²) >= 11 is 0. The lowest BCUT2D eigenvalue weighted by Gasteiger charge is -2.17. The minimum atomic E-state index is -3.21. The Labute approximate surface area is 202 Å². The van der Waals surface area contributed by atoms with Crippen LogP contribution in [0.15, 0.2) is 58.4 Å². The summed E-state index contributed by atoms with van der Waals surface area (Å²) in [5, 5.41) is 16.8. The van der Waals surface area contributed by atoms with Crippen molar-refractivity contribution >= 4 is 39.8 Å². The summed E-state index contributed by atoms with van der Waals surface area (Å²) in [4.78, 5) is 4.79. The Kier molecular flexibility index (Phi) is 11.3. The average molecular weight is 561 g/mol. The van der Waals surface area contributed by atoms with Gasteiger partial charge in [-0.25, -0.2) is 13.4 Å². The van der Waals surface area contributed by atoms with Gasteiger partial charge in [0.25, 0.3) is 0 Å². The third-order valence-electron chi connectivity index (χ3n) is 4.19. The van der Waals surface area contributed by atoms with Crippen molar-refractivity contribution in [1.29, 1.82) is 0 Å². The number of hydrogen-bond acceptors (Lipinski definition) is 5. The van der Waals surface area contributed by atoms with Crippen molar-refractivity contribution in [2.45, 2.75) is 44.4 Å². The molecule has 0 radical (unpaired) electrons. The first-order chi connectivity index (χ1) is 14.2. The second kappa shape index (κ2) is 12.9. The lowest BCUT2D eigenvalue weighted by Crippen LogP contribution is -2.39. The van der Waals surface area contributed by atoms with Gasteiger partial charge in [-0.3, -0.25) is 0 Å². The lowest BCUT2D eigenvalue weighted by atomic mass is 10.1. The number of ether oxygens (including phenoxy) is 1. The highest BCUT2D eigenvalue weighted by atomic mass is 127. The van der Waals surface area contributed by atoms with E-state index < -0.39 is 15.9 Å². The molecule has 0 bridgehead atoms. The number of guanidine groups is 1. The van der Waals surface area contributed by atoms with Crippen LogP contribution in [0.4, 0.5) is 0 Å². The van der Waals surface area contributed by atoms with Gasteiger partial charge in [-0.05, 0) is 56.2 Å². The van der Waals surface area contributed by atoms with Crippen LogP contribution < -0.4 is 15.4 Å². The first-order valence-corrected chi connectivity index (χ1v) is 11.8. The molecule has 7 nitrogen and oxygen atoms in total. The zero-order chi connectivity index (χ0) is 22.1. The molecule has 3 N–H and O–H groups in total. The van der Waals surface area contributed by atoms with Crippen LogP contribution in [0.5, 0.6) is 5.75 Å². The van der Waals surface area contributed by atoms with E-state index in [1.807, 2.05) is 45.0 Å². The number of nitrogens with one attached hydrogen (secondary N) is 2. The second-order valence-corrected chi connectivity index (χ2v) is 9.26. The quantitative estimate of drug-likeness (QED) is 0.247. The average Bonchev–Trinajstić information content (AvgIpc) is 2.69. The van der Waals surface area contributed by atoms with E-state index in [0.29, 0.717) is 19.0 Å². The molecule has 1 atom stereocenters. The van der Waals surface area contributed by atoms with Crippen LogP contribution in [0, 0.1) is 0 Å². The summed E-state index contributed by atoms with van der Waals surface area (Å²) in [6.45, 7) is 7.21. The minimum absolute atomic E-state index is 0. The highest BCUT2D eigenvalue weighted by Gasteiger charge is 2.10. The first-order valence-electron chi connectivity index (χ1n) is 9.95. The fraction of sp³-hybridized carbons (Fsp3) is 0.409. The minimum Gasteiger partial charge on any atom is -0.491 e. The van der Waals surface area contributed by atoms with Gasteiger partial charge in [0.1, 0.15) is 5.75 Å². The third kappa shape index (κ3) is 9.44. The van der Waals surface area contributed by atoms with Crippen molar-refractivity contribution in [3.63, 3.8) is 0 Å². The number of aliphatic hydroxyl groups excluding tert-OH is 1. The Morgan fingerprint density at radius 1 is 1.13 bits per heavy atom. The summed E-state index contributed by atoms with van der Waals surface area (Å²) in [7, 11) is -3.21. The van der Waals surface area contributed by atoms with Crippen LogP contribution in [-0.4, -0.2) is 44.9 Å². The highest BCUT2D eigenvalue weighted by Crippen LogP contribution is 2.20. The van der Waals surface area contributed by atoms with E-state index >= 15 is 0 Å². The SMILES string of the molecule is CCNC(=NCc1ccc(S(C)(=O)=O)cc1)NCC(O)c1cccc(OC(C)C)c1.I. The van der Waals surface area contributed by atoms with Crippen molar-refractivity contribution in [3.8, 4) is 5.75 Å². The number of hydrogen-bond donors (Lipinski definition) is 3. The molecule has 0 aliphatic carbocycles. The molecular formula is C22H32IN3O4S. The zero-order valence-corrected chi connectivity index (χ0v) is 21.5. The molecule has 0 saturated heterocycles. The Balaban J connectivity index is 0.00000480. The van der Waals surface area contributed by atoms with Crippen molar-refractivity contribution in [3.05, 3.63) is 59.7 Å². The summed E-state index contributed by atoms with van der Waals surface area (Å²) < 4.78 is 28.8. The maximum atomic E-state index is 11.6. The van der Waals surface area contributed by atoms with E-state index in [1.165, 1.54) is 6.26 Å². The fourth-order valence-corrected chi connectivity index (χ4v) is 3.36. The van der Waals surface area contributed by atoms with Gasteiger partial charge in [0, 0.05) is 19.3 Å². The predicted octanol–water partition coefficient (Wildman–Crippen LogP) is 3.28. The smallest absolute Gasteiger partial charge is 0.191 e. The molecule has 0 spiro atoms.